The summed E-state index contributed by atoms with van der Waals surface area (Å²) in [7, 11) is 1.40. The van der Waals surface area contributed by atoms with Gasteiger partial charge in [0.1, 0.15) is 11.9 Å². The third-order valence-electron chi connectivity index (χ3n) is 7.94. The number of benzene rings is 2. The molecule has 2 aromatic carbocycles. The lowest BCUT2D eigenvalue weighted by Gasteiger charge is -2.30. The van der Waals surface area contributed by atoms with E-state index in [1.54, 1.807) is 29.3 Å². The lowest BCUT2D eigenvalue weighted by atomic mass is 9.87. The summed E-state index contributed by atoms with van der Waals surface area (Å²) in [6.45, 7) is 0.325. The smallest absolute Gasteiger partial charge is 0.308 e. The van der Waals surface area contributed by atoms with Gasteiger partial charge in [0.2, 0.25) is 5.91 Å². The predicted molar refractivity (Wildman–Crippen MR) is 156 cm³/mol. The fraction of sp³-hybridized carbons (Fsp3) is 0.419. The number of carbonyl (C=O) groups is 3. The van der Waals surface area contributed by atoms with Gasteiger partial charge in [-0.15, -0.1) is 0 Å². The second kappa shape index (κ2) is 13.1. The molecule has 1 N–H and O–H groups in total. The predicted octanol–water partition coefficient (Wildman–Crippen LogP) is 5.48. The molecule has 10 heteroatoms. The number of nitrogens with zero attached hydrogens (tertiary/aromatic N) is 2. The molecule has 0 bridgehead atoms. The minimum atomic E-state index is -1.09. The number of nitrogens with one attached hydrogen (secondary N) is 1. The molecule has 216 valence electrons. The molecule has 1 aliphatic heterocycles. The number of carbonyl (C=O) groups excluding carboxylic acids is 3. The normalized spacial score (nSPS) is 22.5. The van der Waals surface area contributed by atoms with E-state index >= 15 is 0 Å². The number of amides is 2. The van der Waals surface area contributed by atoms with Crippen LogP contribution in [0.3, 0.4) is 0 Å². The van der Waals surface area contributed by atoms with Gasteiger partial charge in [-0.1, -0.05) is 30.3 Å². The monoisotopic (exact) mass is 625 g/mol. The lowest BCUT2D eigenvalue weighted by Crippen LogP contribution is -2.40. The van der Waals surface area contributed by atoms with E-state index in [2.05, 4.69) is 26.2 Å². The first kappa shape index (κ1) is 29.1. The summed E-state index contributed by atoms with van der Waals surface area (Å²) >= 11 is 3.51. The van der Waals surface area contributed by atoms with E-state index in [1.165, 1.54) is 7.11 Å². The number of rotatable bonds is 8. The maximum absolute atomic E-state index is 14.4. The maximum Gasteiger partial charge on any atom is 0.308 e. The largest absolute Gasteiger partial charge is 0.469 e. The molecule has 3 aromatic rings. The van der Waals surface area contributed by atoms with Crippen LogP contribution in [0.5, 0.6) is 0 Å². The number of ether oxygens (including phenoxy) is 2. The van der Waals surface area contributed by atoms with Crippen LogP contribution in [0.4, 0.5) is 10.1 Å². The van der Waals surface area contributed by atoms with E-state index in [1.807, 2.05) is 30.3 Å². The number of hydrogen-bond donors (Lipinski definition) is 1. The molecule has 1 aromatic heterocycles. The highest BCUT2D eigenvalue weighted by atomic mass is 79.9. The zero-order valence-corrected chi connectivity index (χ0v) is 24.4. The third kappa shape index (κ3) is 6.93. The van der Waals surface area contributed by atoms with Gasteiger partial charge in [0.05, 0.1) is 50.4 Å². The average Bonchev–Trinajstić information content (AvgIpc) is 3.37. The summed E-state index contributed by atoms with van der Waals surface area (Å²) in [6, 6.07) is 14.4. The number of likely N-dealkylation sites (tertiary alicyclic amines) is 1. The van der Waals surface area contributed by atoms with Crippen molar-refractivity contribution in [3.05, 3.63) is 70.5 Å². The number of esters is 1. The number of pyridine rings is 1. The Bertz CT molecular complexity index is 1420. The molecule has 2 amide bonds. The number of halogens is 2. The average molecular weight is 627 g/mol. The van der Waals surface area contributed by atoms with Crippen molar-refractivity contribution in [1.82, 2.24) is 9.88 Å². The van der Waals surface area contributed by atoms with E-state index in [4.69, 9.17) is 9.47 Å². The topological polar surface area (TPSA) is 97.8 Å². The van der Waals surface area contributed by atoms with E-state index < -0.39 is 6.17 Å². The second-order valence-corrected chi connectivity index (χ2v) is 11.5. The number of aromatic nitrogens is 1. The van der Waals surface area contributed by atoms with Gasteiger partial charge in [-0.2, -0.15) is 0 Å². The molecule has 0 radical (unpaired) electrons. The molecule has 1 saturated carbocycles. The maximum atomic E-state index is 14.4. The molecule has 1 aliphatic carbocycles. The number of methoxy groups -OCH3 is 1. The molecule has 0 spiro atoms. The molecule has 1 saturated heterocycles. The van der Waals surface area contributed by atoms with Gasteiger partial charge in [-0.3, -0.25) is 19.4 Å². The van der Waals surface area contributed by atoms with Crippen LogP contribution in [0.15, 0.2) is 59.2 Å². The zero-order valence-electron chi connectivity index (χ0n) is 22.9. The van der Waals surface area contributed by atoms with Gasteiger partial charge in [0.25, 0.3) is 5.91 Å². The van der Waals surface area contributed by atoms with E-state index in [0.717, 1.165) is 29.2 Å². The highest BCUT2D eigenvalue weighted by molar-refractivity contribution is 9.10. The Morgan fingerprint density at radius 3 is 2.63 bits per heavy atom. The van der Waals surface area contributed by atoms with Gasteiger partial charge in [0, 0.05) is 22.5 Å². The third-order valence-corrected chi connectivity index (χ3v) is 8.60. The molecule has 2 aliphatic rings. The molecule has 5 rings (SSSR count). The second-order valence-electron chi connectivity index (χ2n) is 10.7. The highest BCUT2D eigenvalue weighted by Gasteiger charge is 2.36. The summed E-state index contributed by atoms with van der Waals surface area (Å²) in [5, 5.41) is 4.57. The van der Waals surface area contributed by atoms with Crippen LogP contribution in [0, 0.1) is 5.92 Å². The Kier molecular flexibility index (Phi) is 9.29. The van der Waals surface area contributed by atoms with Crippen molar-refractivity contribution in [3.63, 3.8) is 0 Å². The summed E-state index contributed by atoms with van der Waals surface area (Å²) in [6.07, 6.45) is 3.77. The van der Waals surface area contributed by atoms with Crippen LogP contribution >= 0.6 is 15.9 Å². The van der Waals surface area contributed by atoms with Crippen LogP contribution < -0.4 is 5.32 Å². The Balaban J connectivity index is 1.17. The minimum absolute atomic E-state index is 0.00527. The van der Waals surface area contributed by atoms with Crippen LogP contribution in [0.1, 0.15) is 48.2 Å². The summed E-state index contributed by atoms with van der Waals surface area (Å²) in [5.74, 6) is -0.774. The van der Waals surface area contributed by atoms with Crippen LogP contribution in [0.25, 0.3) is 10.8 Å². The number of hydrogen-bond acceptors (Lipinski definition) is 6. The van der Waals surface area contributed by atoms with E-state index in [-0.39, 0.29) is 61.8 Å². The van der Waals surface area contributed by atoms with Crippen molar-refractivity contribution in [2.24, 2.45) is 5.92 Å². The fourth-order valence-corrected chi connectivity index (χ4v) is 6.26. The Morgan fingerprint density at radius 2 is 1.88 bits per heavy atom. The Morgan fingerprint density at radius 1 is 1.10 bits per heavy atom. The first-order valence-corrected chi connectivity index (χ1v) is 14.7. The van der Waals surface area contributed by atoms with E-state index in [0.29, 0.717) is 28.7 Å². The van der Waals surface area contributed by atoms with Gasteiger partial charge in [-0.05, 0) is 70.8 Å². The zero-order chi connectivity index (χ0) is 28.9. The standard InChI is InChI=1S/C31H33BrFN3O5/c1-40-31(39)21-7-9-24(10-8-21)41-18-23-16-22(33)17-36(23)28(37)15-19-6-11-27(26(32)14-19)35-30(38)29-25-5-3-2-4-20(25)12-13-34-29/h2-6,11-14,21-24H,7-10,15-18H2,1H3,(H,35,38)/t21?,22-,23-,24?/m0/s1. The highest BCUT2D eigenvalue weighted by Crippen LogP contribution is 2.30. The number of anilines is 1. The van der Waals surface area contributed by atoms with E-state index in [9.17, 15) is 18.8 Å². The summed E-state index contributed by atoms with van der Waals surface area (Å²) in [5.41, 5.74) is 1.62. The fourth-order valence-electron chi connectivity index (χ4n) is 5.73. The molecule has 2 atom stereocenters. The quantitative estimate of drug-likeness (QED) is 0.333. The van der Waals surface area contributed by atoms with Gasteiger partial charge in [0.15, 0.2) is 0 Å². The number of fused-ring (bicyclic) bond motifs is 1. The molecule has 41 heavy (non-hydrogen) atoms. The summed E-state index contributed by atoms with van der Waals surface area (Å²) in [4.78, 5) is 43.8. The van der Waals surface area contributed by atoms with Crippen LogP contribution in [0.2, 0.25) is 0 Å². The van der Waals surface area contributed by atoms with Crippen molar-refractivity contribution in [2.75, 3.05) is 25.6 Å². The van der Waals surface area contributed by atoms with Crippen molar-refractivity contribution in [1.29, 1.82) is 0 Å². The Labute approximate surface area is 246 Å². The first-order chi connectivity index (χ1) is 19.8. The number of alkyl halides is 1. The molecular formula is C31H33BrFN3O5. The van der Waals surface area contributed by atoms with Crippen molar-refractivity contribution in [3.8, 4) is 0 Å². The van der Waals surface area contributed by atoms with Gasteiger partial charge >= 0.3 is 5.97 Å². The molecule has 2 heterocycles. The van der Waals surface area contributed by atoms with Crippen molar-refractivity contribution in [2.45, 2.75) is 56.8 Å². The summed E-state index contributed by atoms with van der Waals surface area (Å²) < 4.78 is 25.9. The molecular weight excluding hydrogens is 593 g/mol. The SMILES string of the molecule is COC(=O)C1CCC(OC[C@@H]2C[C@H](F)CN2C(=O)Cc2ccc(NC(=O)c3nccc4ccccc34)c(Br)c2)CC1. The molecule has 0 unspecified atom stereocenters. The molecule has 2 fully saturated rings. The minimum Gasteiger partial charge on any atom is -0.469 e. The van der Waals surface area contributed by atoms with Crippen molar-refractivity contribution < 1.29 is 28.2 Å². The van der Waals surface area contributed by atoms with Gasteiger partial charge < -0.3 is 19.7 Å². The van der Waals surface area contributed by atoms with Crippen LogP contribution in [-0.2, 0) is 25.5 Å². The molecule has 8 nitrogen and oxygen atoms in total. The lowest BCUT2D eigenvalue weighted by molar-refractivity contribution is -0.148. The van der Waals surface area contributed by atoms with Gasteiger partial charge in [-0.25, -0.2) is 4.39 Å². The van der Waals surface area contributed by atoms with Crippen molar-refractivity contribution >= 4 is 50.2 Å². The Hall–Kier alpha value is -3.37. The first-order valence-electron chi connectivity index (χ1n) is 13.9. The van der Waals surface area contributed by atoms with Crippen LogP contribution in [-0.4, -0.2) is 66.2 Å².